The van der Waals surface area contributed by atoms with Crippen LogP contribution in [-0.2, 0) is 10.0 Å². The smallest absolute Gasteiger partial charge is 0.339 e. The van der Waals surface area contributed by atoms with Gasteiger partial charge in [-0.3, -0.25) is 0 Å². The van der Waals surface area contributed by atoms with Crippen molar-refractivity contribution in [1.82, 2.24) is 5.32 Å². The number of hydrogen-bond acceptors (Lipinski definition) is 5. The van der Waals surface area contributed by atoms with E-state index < -0.39 is 33.5 Å². The average molecular weight is 303 g/mol. The number of carbonyl (C=O) groups is 2. The Hall–Kier alpha value is -2.33. The minimum absolute atomic E-state index is 0.113. The number of carboxylic acids is 1. The van der Waals surface area contributed by atoms with Crippen molar-refractivity contribution >= 4 is 27.7 Å². The fraction of sp³-hybridized carbons (Fsp3) is 0.200. The molecule has 20 heavy (non-hydrogen) atoms. The van der Waals surface area contributed by atoms with Gasteiger partial charge in [-0.2, -0.15) is 0 Å². The molecule has 0 heterocycles. The predicted octanol–water partition coefficient (Wildman–Crippen LogP) is -0.500. The molecule has 0 aliphatic carbocycles. The lowest BCUT2D eigenvalue weighted by Crippen LogP contribution is -2.34. The van der Waals surface area contributed by atoms with Gasteiger partial charge >= 0.3 is 12.0 Å². The summed E-state index contributed by atoms with van der Waals surface area (Å²) in [6.07, 6.45) is 0. The van der Waals surface area contributed by atoms with Crippen LogP contribution in [0.2, 0.25) is 0 Å². The van der Waals surface area contributed by atoms with Crippen molar-refractivity contribution in [1.29, 1.82) is 0 Å². The lowest BCUT2D eigenvalue weighted by atomic mass is 10.2. The van der Waals surface area contributed by atoms with Gasteiger partial charge in [-0.25, -0.2) is 23.1 Å². The van der Waals surface area contributed by atoms with Crippen LogP contribution in [0.25, 0.3) is 0 Å². The quantitative estimate of drug-likeness (QED) is 0.461. The van der Waals surface area contributed by atoms with Crippen LogP contribution in [0.4, 0.5) is 10.5 Å². The predicted molar refractivity (Wildman–Crippen MR) is 70.1 cm³/mol. The van der Waals surface area contributed by atoms with Gasteiger partial charge in [-0.05, 0) is 12.1 Å². The zero-order valence-electron chi connectivity index (χ0n) is 10.2. The molecule has 0 spiro atoms. The van der Waals surface area contributed by atoms with Crippen LogP contribution >= 0.6 is 0 Å². The summed E-state index contributed by atoms with van der Waals surface area (Å²) in [5.74, 6) is -2.39. The third-order valence-corrected chi connectivity index (χ3v) is 2.96. The van der Waals surface area contributed by atoms with Gasteiger partial charge in [-0.1, -0.05) is 6.07 Å². The molecule has 0 saturated carbocycles. The van der Waals surface area contributed by atoms with Crippen molar-refractivity contribution in [3.8, 4) is 5.75 Å². The van der Waals surface area contributed by atoms with E-state index in [0.29, 0.717) is 0 Å². The van der Waals surface area contributed by atoms with E-state index in [9.17, 15) is 23.1 Å². The van der Waals surface area contributed by atoms with Crippen LogP contribution in [0, 0.1) is 0 Å². The highest BCUT2D eigenvalue weighted by Crippen LogP contribution is 2.27. The molecule has 0 radical (unpaired) electrons. The number of carboxylic acid groups (broad SMARTS) is 1. The van der Waals surface area contributed by atoms with Gasteiger partial charge in [0.15, 0.2) is 5.75 Å². The number of nitrogens with two attached hydrogens (primary N) is 1. The number of aromatic hydroxyl groups is 1. The third kappa shape index (κ3) is 4.74. The van der Waals surface area contributed by atoms with Gasteiger partial charge in [-0.15, -0.1) is 0 Å². The molecule has 0 saturated heterocycles. The van der Waals surface area contributed by atoms with Gasteiger partial charge in [0.05, 0.1) is 11.4 Å². The summed E-state index contributed by atoms with van der Waals surface area (Å²) in [6, 6.07) is 3.00. The summed E-state index contributed by atoms with van der Waals surface area (Å²) in [4.78, 5) is 22.2. The molecular weight excluding hydrogens is 290 g/mol. The van der Waals surface area contributed by atoms with Crippen molar-refractivity contribution < 1.29 is 28.2 Å². The first-order chi connectivity index (χ1) is 9.20. The molecule has 1 aromatic rings. The summed E-state index contributed by atoms with van der Waals surface area (Å²) in [7, 11) is -3.69. The second kappa shape index (κ2) is 6.21. The Morgan fingerprint density at radius 2 is 1.95 bits per heavy atom. The van der Waals surface area contributed by atoms with E-state index >= 15 is 0 Å². The SMILES string of the molecule is NS(=O)(=O)CCNC(=O)Nc1cccc(C(=O)O)c1O. The summed E-state index contributed by atoms with van der Waals surface area (Å²) >= 11 is 0. The lowest BCUT2D eigenvalue weighted by Gasteiger charge is -2.10. The second-order valence-electron chi connectivity index (χ2n) is 3.75. The van der Waals surface area contributed by atoms with Crippen LogP contribution in [0.5, 0.6) is 5.75 Å². The first-order valence-corrected chi connectivity index (χ1v) is 7.03. The van der Waals surface area contributed by atoms with Crippen LogP contribution in [0.1, 0.15) is 10.4 Å². The minimum atomic E-state index is -3.69. The topological polar surface area (TPSA) is 159 Å². The van der Waals surface area contributed by atoms with E-state index in [2.05, 4.69) is 10.6 Å². The highest BCUT2D eigenvalue weighted by Gasteiger charge is 2.14. The number of benzene rings is 1. The Kier molecular flexibility index (Phi) is 4.88. The molecule has 0 aromatic heterocycles. The molecule has 110 valence electrons. The Morgan fingerprint density at radius 1 is 1.30 bits per heavy atom. The normalized spacial score (nSPS) is 10.8. The molecule has 0 bridgehead atoms. The Morgan fingerprint density at radius 3 is 2.50 bits per heavy atom. The van der Waals surface area contributed by atoms with Crippen molar-refractivity contribution in [3.05, 3.63) is 23.8 Å². The summed E-state index contributed by atoms with van der Waals surface area (Å²) in [5.41, 5.74) is -0.481. The second-order valence-corrected chi connectivity index (χ2v) is 5.49. The summed E-state index contributed by atoms with van der Waals surface area (Å²) in [5, 5.41) is 27.5. The Labute approximate surface area is 114 Å². The fourth-order valence-electron chi connectivity index (χ4n) is 1.29. The van der Waals surface area contributed by atoms with Gasteiger partial charge < -0.3 is 20.8 Å². The van der Waals surface area contributed by atoms with Crippen LogP contribution in [0.3, 0.4) is 0 Å². The van der Waals surface area contributed by atoms with Crippen LogP contribution in [-0.4, -0.2) is 42.9 Å². The molecule has 0 unspecified atom stereocenters. The molecule has 0 aliphatic rings. The highest BCUT2D eigenvalue weighted by molar-refractivity contribution is 7.89. The monoisotopic (exact) mass is 303 g/mol. The minimum Gasteiger partial charge on any atom is -0.505 e. The summed E-state index contributed by atoms with van der Waals surface area (Å²) < 4.78 is 21.3. The van der Waals surface area contributed by atoms with Crippen molar-refractivity contribution in [3.63, 3.8) is 0 Å². The average Bonchev–Trinajstić information content (AvgIpc) is 2.29. The number of para-hydroxylation sites is 1. The van der Waals surface area contributed by atoms with E-state index in [-0.39, 0.29) is 17.8 Å². The third-order valence-electron chi connectivity index (χ3n) is 2.19. The molecule has 0 fully saturated rings. The fourth-order valence-corrected chi connectivity index (χ4v) is 1.68. The van der Waals surface area contributed by atoms with E-state index in [0.717, 1.165) is 0 Å². The maximum absolute atomic E-state index is 11.4. The van der Waals surface area contributed by atoms with Crippen molar-refractivity contribution in [2.24, 2.45) is 5.14 Å². The first kappa shape index (κ1) is 15.7. The van der Waals surface area contributed by atoms with Crippen LogP contribution in [0.15, 0.2) is 18.2 Å². The number of rotatable bonds is 5. The van der Waals surface area contributed by atoms with E-state index in [1.54, 1.807) is 0 Å². The zero-order chi connectivity index (χ0) is 15.3. The molecule has 1 rings (SSSR count). The maximum atomic E-state index is 11.4. The number of urea groups is 1. The van der Waals surface area contributed by atoms with Gasteiger partial charge in [0.25, 0.3) is 0 Å². The number of nitrogens with one attached hydrogen (secondary N) is 2. The first-order valence-electron chi connectivity index (χ1n) is 5.31. The molecular formula is C10H13N3O6S. The number of anilines is 1. The van der Waals surface area contributed by atoms with Gasteiger partial charge in [0, 0.05) is 6.54 Å². The number of sulfonamides is 1. The number of amides is 2. The molecule has 1 aromatic carbocycles. The number of carbonyl (C=O) groups excluding carboxylic acids is 1. The number of aromatic carboxylic acids is 1. The largest absolute Gasteiger partial charge is 0.505 e. The summed E-state index contributed by atoms with van der Waals surface area (Å²) in [6.45, 7) is -0.218. The number of phenols is 1. The number of hydrogen-bond donors (Lipinski definition) is 5. The number of primary sulfonamides is 1. The zero-order valence-corrected chi connectivity index (χ0v) is 11.0. The molecule has 10 heteroatoms. The maximum Gasteiger partial charge on any atom is 0.339 e. The lowest BCUT2D eigenvalue weighted by molar-refractivity contribution is 0.0693. The van der Waals surface area contributed by atoms with E-state index in [4.69, 9.17) is 10.2 Å². The Bertz CT molecular complexity index is 628. The van der Waals surface area contributed by atoms with Crippen molar-refractivity contribution in [2.75, 3.05) is 17.6 Å². The van der Waals surface area contributed by atoms with E-state index in [1.165, 1.54) is 18.2 Å². The van der Waals surface area contributed by atoms with E-state index in [1.807, 2.05) is 0 Å². The molecule has 9 nitrogen and oxygen atoms in total. The Balaban J connectivity index is 2.67. The highest BCUT2D eigenvalue weighted by atomic mass is 32.2. The van der Waals surface area contributed by atoms with Crippen LogP contribution < -0.4 is 15.8 Å². The molecule has 0 aliphatic heterocycles. The molecule has 0 atom stereocenters. The van der Waals surface area contributed by atoms with Gasteiger partial charge in [0.2, 0.25) is 10.0 Å². The van der Waals surface area contributed by atoms with Gasteiger partial charge in [0.1, 0.15) is 5.56 Å². The standard InChI is InChI=1S/C10H13N3O6S/c11-20(18,19)5-4-12-10(17)13-7-3-1-2-6(8(7)14)9(15)16/h1-3,14H,4-5H2,(H,15,16)(H2,11,18,19)(H2,12,13,17). The molecule has 6 N–H and O–H groups in total. The van der Waals surface area contributed by atoms with Crippen molar-refractivity contribution in [2.45, 2.75) is 0 Å². The molecule has 2 amide bonds.